The van der Waals surface area contributed by atoms with Gasteiger partial charge in [0, 0.05) is 5.56 Å². The van der Waals surface area contributed by atoms with Gasteiger partial charge in [-0.2, -0.15) is 0 Å². The van der Waals surface area contributed by atoms with Crippen molar-refractivity contribution in [3.05, 3.63) is 71.8 Å². The number of aliphatic imine (C=N–C) groups is 1. The van der Waals surface area contributed by atoms with Crippen molar-refractivity contribution in [2.45, 2.75) is 20.3 Å². The first-order valence-electron chi connectivity index (χ1n) is 7.00. The van der Waals surface area contributed by atoms with Crippen LogP contribution in [0.5, 0.6) is 0 Å². The van der Waals surface area contributed by atoms with Gasteiger partial charge in [-0.15, -0.1) is 0 Å². The van der Waals surface area contributed by atoms with Gasteiger partial charge in [-0.05, 0) is 17.9 Å². The molecule has 0 radical (unpaired) electrons. The van der Waals surface area contributed by atoms with Gasteiger partial charge in [-0.3, -0.25) is 5.41 Å². The van der Waals surface area contributed by atoms with Crippen molar-refractivity contribution in [2.75, 3.05) is 0 Å². The van der Waals surface area contributed by atoms with Crippen LogP contribution in [0.4, 0.5) is 0 Å². The average molecular weight is 264 g/mol. The van der Waals surface area contributed by atoms with Crippen molar-refractivity contribution in [1.82, 2.24) is 0 Å². The van der Waals surface area contributed by atoms with Gasteiger partial charge in [-0.25, -0.2) is 4.99 Å². The lowest BCUT2D eigenvalue weighted by Crippen LogP contribution is -2.14. The zero-order valence-corrected chi connectivity index (χ0v) is 12.0. The second-order valence-electron chi connectivity index (χ2n) is 4.89. The van der Waals surface area contributed by atoms with Gasteiger partial charge in [0.1, 0.15) is 0 Å². The Morgan fingerprint density at radius 3 is 1.95 bits per heavy atom. The first-order chi connectivity index (χ1) is 9.72. The number of hydrogen-bond acceptors (Lipinski definition) is 1. The lowest BCUT2D eigenvalue weighted by atomic mass is 9.96. The van der Waals surface area contributed by atoms with Crippen molar-refractivity contribution in [3.8, 4) is 0 Å². The fourth-order valence-corrected chi connectivity index (χ4v) is 2.04. The Morgan fingerprint density at radius 2 is 1.45 bits per heavy atom. The van der Waals surface area contributed by atoms with E-state index in [0.717, 1.165) is 23.3 Å². The van der Waals surface area contributed by atoms with E-state index in [2.05, 4.69) is 31.0 Å². The van der Waals surface area contributed by atoms with Gasteiger partial charge in [0.25, 0.3) is 0 Å². The van der Waals surface area contributed by atoms with E-state index >= 15 is 0 Å². The topological polar surface area (TPSA) is 36.2 Å². The van der Waals surface area contributed by atoms with Crippen molar-refractivity contribution >= 4 is 11.5 Å². The normalized spacial score (nSPS) is 13.0. The Hall–Kier alpha value is -2.22. The van der Waals surface area contributed by atoms with E-state index < -0.39 is 0 Å². The zero-order chi connectivity index (χ0) is 14.4. The van der Waals surface area contributed by atoms with Crippen LogP contribution in [0, 0.1) is 11.3 Å². The maximum Gasteiger partial charge on any atom is 0.152 e. The Bertz CT molecular complexity index is 585. The molecule has 0 saturated heterocycles. The van der Waals surface area contributed by atoms with E-state index in [1.165, 1.54) is 0 Å². The molecular formula is C18H20N2. The lowest BCUT2D eigenvalue weighted by Gasteiger charge is -2.13. The second kappa shape index (κ2) is 6.80. The highest BCUT2D eigenvalue weighted by Crippen LogP contribution is 2.14. The van der Waals surface area contributed by atoms with Crippen molar-refractivity contribution in [3.63, 3.8) is 0 Å². The van der Waals surface area contributed by atoms with E-state index in [4.69, 9.17) is 5.41 Å². The maximum atomic E-state index is 8.19. The highest BCUT2D eigenvalue weighted by molar-refractivity contribution is 6.12. The molecule has 0 saturated carbocycles. The summed E-state index contributed by atoms with van der Waals surface area (Å²) in [6.07, 6.45) is 1.01. The van der Waals surface area contributed by atoms with Crippen molar-refractivity contribution < 1.29 is 0 Å². The minimum atomic E-state index is 0.324. The molecule has 0 spiro atoms. The summed E-state index contributed by atoms with van der Waals surface area (Å²) in [5.74, 6) is 0.659. The van der Waals surface area contributed by atoms with Gasteiger partial charge in [0.2, 0.25) is 0 Å². The fraction of sp³-hybridized carbons (Fsp3) is 0.222. The molecule has 102 valence electrons. The maximum absolute atomic E-state index is 8.19. The van der Waals surface area contributed by atoms with Crippen LogP contribution < -0.4 is 0 Å². The van der Waals surface area contributed by atoms with Crippen LogP contribution in [0.3, 0.4) is 0 Å². The fourth-order valence-electron chi connectivity index (χ4n) is 2.04. The monoisotopic (exact) mass is 264 g/mol. The van der Waals surface area contributed by atoms with Crippen LogP contribution >= 0.6 is 0 Å². The molecule has 0 fully saturated rings. The van der Waals surface area contributed by atoms with Gasteiger partial charge in [-0.1, -0.05) is 74.5 Å². The van der Waals surface area contributed by atoms with Crippen molar-refractivity contribution in [2.24, 2.45) is 10.9 Å². The third-order valence-corrected chi connectivity index (χ3v) is 3.43. The van der Waals surface area contributed by atoms with Crippen LogP contribution in [-0.2, 0) is 0 Å². The van der Waals surface area contributed by atoms with Crippen LogP contribution in [0.15, 0.2) is 65.7 Å². The summed E-state index contributed by atoms with van der Waals surface area (Å²) in [6, 6.07) is 19.8. The molecule has 0 aliphatic carbocycles. The molecule has 0 aliphatic rings. The van der Waals surface area contributed by atoms with Crippen LogP contribution in [0.25, 0.3) is 0 Å². The Kier molecular flexibility index (Phi) is 4.83. The predicted molar refractivity (Wildman–Crippen MR) is 85.7 cm³/mol. The molecule has 2 aromatic carbocycles. The van der Waals surface area contributed by atoms with Gasteiger partial charge >= 0.3 is 0 Å². The van der Waals surface area contributed by atoms with E-state index in [-0.39, 0.29) is 0 Å². The number of nitrogens with zero attached hydrogens (tertiary/aromatic N) is 1. The molecule has 2 rings (SSSR count). The second-order valence-corrected chi connectivity index (χ2v) is 4.89. The molecule has 2 nitrogen and oxygen atoms in total. The largest absolute Gasteiger partial charge is 0.282 e. The highest BCUT2D eigenvalue weighted by Gasteiger charge is 2.12. The third-order valence-electron chi connectivity index (χ3n) is 3.43. The summed E-state index contributed by atoms with van der Waals surface area (Å²) < 4.78 is 0. The third kappa shape index (κ3) is 3.41. The first-order valence-corrected chi connectivity index (χ1v) is 7.00. The zero-order valence-electron chi connectivity index (χ0n) is 12.0. The Morgan fingerprint density at radius 1 is 0.950 bits per heavy atom. The van der Waals surface area contributed by atoms with Gasteiger partial charge in [0.05, 0.1) is 5.71 Å². The van der Waals surface area contributed by atoms with Gasteiger partial charge in [0.15, 0.2) is 5.84 Å². The van der Waals surface area contributed by atoms with E-state index in [0.29, 0.717) is 11.8 Å². The van der Waals surface area contributed by atoms with Crippen LogP contribution in [0.2, 0.25) is 0 Å². The number of hydrogen-bond donors (Lipinski definition) is 1. The van der Waals surface area contributed by atoms with E-state index in [1.807, 2.05) is 48.5 Å². The lowest BCUT2D eigenvalue weighted by molar-refractivity contribution is 0.741. The molecule has 2 aromatic rings. The highest BCUT2D eigenvalue weighted by atomic mass is 14.8. The number of rotatable bonds is 4. The number of benzene rings is 2. The summed E-state index contributed by atoms with van der Waals surface area (Å²) in [5.41, 5.74) is 2.94. The molecule has 0 aromatic heterocycles. The van der Waals surface area contributed by atoms with Crippen LogP contribution in [-0.4, -0.2) is 11.5 Å². The molecule has 0 bridgehead atoms. The molecule has 0 heterocycles. The smallest absolute Gasteiger partial charge is 0.152 e. The molecule has 1 N–H and O–H groups in total. The minimum Gasteiger partial charge on any atom is -0.282 e. The summed E-state index contributed by atoms with van der Waals surface area (Å²) >= 11 is 0. The van der Waals surface area contributed by atoms with Crippen LogP contribution in [0.1, 0.15) is 31.4 Å². The Balaban J connectivity index is 2.37. The predicted octanol–water partition coefficient (Wildman–Crippen LogP) is 4.55. The molecular weight excluding hydrogens is 244 g/mol. The van der Waals surface area contributed by atoms with Crippen molar-refractivity contribution in [1.29, 1.82) is 5.41 Å². The van der Waals surface area contributed by atoms with E-state index in [1.54, 1.807) is 0 Å². The molecule has 2 heteroatoms. The Labute approximate surface area is 120 Å². The SMILES string of the molecule is CC[C@H](C)C(=NC(=N)c1ccccc1)c1ccccc1. The number of nitrogens with one attached hydrogen (secondary N) is 1. The molecule has 0 amide bonds. The molecule has 0 aliphatic heterocycles. The summed E-state index contributed by atoms with van der Waals surface area (Å²) in [6.45, 7) is 4.30. The van der Waals surface area contributed by atoms with Gasteiger partial charge < -0.3 is 0 Å². The molecule has 0 unspecified atom stereocenters. The number of amidine groups is 1. The van der Waals surface area contributed by atoms with E-state index in [9.17, 15) is 0 Å². The summed E-state index contributed by atoms with van der Waals surface area (Å²) in [4.78, 5) is 4.59. The quantitative estimate of drug-likeness (QED) is 0.621. The standard InChI is InChI=1S/C18H20N2/c1-3-14(2)17(15-10-6-4-7-11-15)20-18(19)16-12-8-5-9-13-16/h4-14,19H,3H2,1-2H3/t14-/m0/s1. The average Bonchev–Trinajstić information content (AvgIpc) is 2.53. The first kappa shape index (κ1) is 14.2. The summed E-state index contributed by atoms with van der Waals surface area (Å²) in [5, 5.41) is 8.19. The molecule has 20 heavy (non-hydrogen) atoms. The summed E-state index contributed by atoms with van der Waals surface area (Å²) in [7, 11) is 0. The minimum absolute atomic E-state index is 0.324. The molecule has 1 atom stereocenters.